The van der Waals surface area contributed by atoms with Crippen molar-refractivity contribution >= 4 is 11.0 Å². The van der Waals surface area contributed by atoms with Gasteiger partial charge in [0.2, 0.25) is 5.75 Å². The van der Waals surface area contributed by atoms with E-state index in [-0.39, 0.29) is 18.0 Å². The number of allylic oxidation sites excluding steroid dienone is 3. The lowest BCUT2D eigenvalue weighted by Gasteiger charge is -2.18. The summed E-state index contributed by atoms with van der Waals surface area (Å²) in [4.78, 5) is 12.6. The predicted octanol–water partition coefficient (Wildman–Crippen LogP) is 6.44. The molecule has 0 saturated heterocycles. The van der Waals surface area contributed by atoms with Crippen molar-refractivity contribution in [3.8, 4) is 17.2 Å². The number of rotatable bonds is 10. The summed E-state index contributed by atoms with van der Waals surface area (Å²) in [6.45, 7) is 14.2. The van der Waals surface area contributed by atoms with E-state index in [1.165, 1.54) is 11.1 Å². The molecule has 0 amide bonds. The maximum Gasteiger partial charge on any atom is 0.383 e. The molecule has 0 unspecified atom stereocenters. The smallest absolute Gasteiger partial charge is 0.383 e. The molecule has 0 radical (unpaired) electrons. The molecule has 30 heavy (non-hydrogen) atoms. The summed E-state index contributed by atoms with van der Waals surface area (Å²) in [5, 5.41) is 0.653. The molecule has 0 aliphatic rings. The van der Waals surface area contributed by atoms with Gasteiger partial charge in [-0.15, -0.1) is 0 Å². The number of hydrogen-bond acceptors (Lipinski definition) is 5. The first-order chi connectivity index (χ1) is 14.2. The Labute approximate surface area is 179 Å². The minimum absolute atomic E-state index is 0.0957. The minimum atomic E-state index is -0.573. The van der Waals surface area contributed by atoms with E-state index in [2.05, 4.69) is 32.9 Å². The van der Waals surface area contributed by atoms with Gasteiger partial charge in [0.15, 0.2) is 17.1 Å². The largest absolute Gasteiger partial charge is 0.486 e. The van der Waals surface area contributed by atoms with Crippen LogP contribution < -0.4 is 19.8 Å². The first-order valence-electron chi connectivity index (χ1n) is 10.5. The highest BCUT2D eigenvalue weighted by Gasteiger charge is 2.21. The SMILES string of the molecule is CC(C)=CCCC(C)=CCOc1cccc2c(OC(C)C)c(OC(C)C)c(=O)oc12. The molecule has 0 aliphatic carbocycles. The van der Waals surface area contributed by atoms with Crippen molar-refractivity contribution in [1.29, 1.82) is 0 Å². The van der Waals surface area contributed by atoms with Gasteiger partial charge in [-0.25, -0.2) is 4.79 Å². The lowest BCUT2D eigenvalue weighted by atomic mass is 10.1. The van der Waals surface area contributed by atoms with E-state index < -0.39 is 5.63 Å². The normalized spacial score (nSPS) is 11.8. The quantitative estimate of drug-likeness (QED) is 0.331. The molecular weight excluding hydrogens is 380 g/mol. The van der Waals surface area contributed by atoms with E-state index in [1.807, 2.05) is 39.8 Å². The molecule has 1 heterocycles. The molecule has 0 bridgehead atoms. The average Bonchev–Trinajstić information content (AvgIpc) is 2.64. The Bertz CT molecular complexity index is 959. The van der Waals surface area contributed by atoms with Crippen molar-refractivity contribution in [3.05, 3.63) is 51.9 Å². The molecule has 2 aromatic rings. The van der Waals surface area contributed by atoms with Gasteiger partial charge in [-0.3, -0.25) is 0 Å². The van der Waals surface area contributed by atoms with Crippen LogP contribution in [0.4, 0.5) is 0 Å². The van der Waals surface area contributed by atoms with Crippen molar-refractivity contribution in [2.24, 2.45) is 0 Å². The van der Waals surface area contributed by atoms with E-state index in [9.17, 15) is 4.79 Å². The molecule has 164 valence electrons. The minimum Gasteiger partial charge on any atom is -0.486 e. The topological polar surface area (TPSA) is 57.9 Å². The van der Waals surface area contributed by atoms with Crippen molar-refractivity contribution in [3.63, 3.8) is 0 Å². The Morgan fingerprint density at radius 1 is 1.00 bits per heavy atom. The van der Waals surface area contributed by atoms with Gasteiger partial charge >= 0.3 is 5.63 Å². The molecule has 0 aliphatic heterocycles. The van der Waals surface area contributed by atoms with E-state index >= 15 is 0 Å². The zero-order chi connectivity index (χ0) is 22.3. The van der Waals surface area contributed by atoms with Crippen LogP contribution in [-0.2, 0) is 0 Å². The third-order valence-electron chi connectivity index (χ3n) is 4.28. The predicted molar refractivity (Wildman–Crippen MR) is 122 cm³/mol. The maximum atomic E-state index is 12.6. The third kappa shape index (κ3) is 6.68. The standard InChI is InChI=1S/C25H34O5/c1-16(2)10-8-11-19(7)14-15-27-21-13-9-12-20-22(21)30-25(26)24(29-18(5)6)23(20)28-17(3)4/h9-10,12-14,17-18H,8,11,15H2,1-7H3. The van der Waals surface area contributed by atoms with Crippen LogP contribution in [0.15, 0.2) is 50.7 Å². The van der Waals surface area contributed by atoms with Gasteiger partial charge in [0, 0.05) is 0 Å². The molecule has 2 rings (SSSR count). The summed E-state index contributed by atoms with van der Waals surface area (Å²) in [6.07, 6.45) is 5.98. The molecule has 0 spiro atoms. The summed E-state index contributed by atoms with van der Waals surface area (Å²) in [5.74, 6) is 0.991. The van der Waals surface area contributed by atoms with Crippen LogP contribution in [-0.4, -0.2) is 18.8 Å². The molecule has 0 N–H and O–H groups in total. The zero-order valence-corrected chi connectivity index (χ0v) is 19.2. The lowest BCUT2D eigenvalue weighted by molar-refractivity contribution is 0.192. The molecule has 5 heteroatoms. The molecule has 1 aromatic carbocycles. The zero-order valence-electron chi connectivity index (χ0n) is 19.2. The Hall–Kier alpha value is -2.69. The Kier molecular flexibility index (Phi) is 8.58. The van der Waals surface area contributed by atoms with Gasteiger partial charge in [-0.2, -0.15) is 0 Å². The molecule has 0 atom stereocenters. The Morgan fingerprint density at radius 2 is 1.67 bits per heavy atom. The lowest BCUT2D eigenvalue weighted by Crippen LogP contribution is -2.17. The van der Waals surface area contributed by atoms with Crippen molar-refractivity contribution in [1.82, 2.24) is 0 Å². The van der Waals surface area contributed by atoms with Gasteiger partial charge in [-0.05, 0) is 79.5 Å². The fraction of sp³-hybridized carbons (Fsp3) is 0.480. The monoisotopic (exact) mass is 414 g/mol. The van der Waals surface area contributed by atoms with Crippen molar-refractivity contribution in [2.45, 2.75) is 73.5 Å². The second-order valence-corrected chi connectivity index (χ2v) is 8.20. The van der Waals surface area contributed by atoms with Crippen LogP contribution in [0, 0.1) is 0 Å². The summed E-state index contributed by atoms with van der Waals surface area (Å²) in [5.41, 5.74) is 2.37. The highest BCUT2D eigenvalue weighted by atomic mass is 16.5. The van der Waals surface area contributed by atoms with Crippen LogP contribution in [0.5, 0.6) is 17.2 Å². The summed E-state index contributed by atoms with van der Waals surface area (Å²) in [7, 11) is 0. The highest BCUT2D eigenvalue weighted by molar-refractivity contribution is 5.89. The van der Waals surface area contributed by atoms with Gasteiger partial charge in [-0.1, -0.05) is 23.3 Å². The number of ether oxygens (including phenoxy) is 3. The summed E-state index contributed by atoms with van der Waals surface area (Å²) in [6, 6.07) is 5.49. The van der Waals surface area contributed by atoms with E-state index in [0.717, 1.165) is 12.8 Å². The molecule has 1 aromatic heterocycles. The fourth-order valence-electron chi connectivity index (χ4n) is 2.92. The molecular formula is C25H34O5. The first kappa shape index (κ1) is 23.6. The number of hydrogen-bond donors (Lipinski definition) is 0. The second kappa shape index (κ2) is 10.9. The van der Waals surface area contributed by atoms with Crippen LogP contribution >= 0.6 is 0 Å². The first-order valence-corrected chi connectivity index (χ1v) is 10.5. The van der Waals surface area contributed by atoms with Crippen LogP contribution in [0.3, 0.4) is 0 Å². The third-order valence-corrected chi connectivity index (χ3v) is 4.28. The molecule has 0 saturated carbocycles. The molecule has 5 nitrogen and oxygen atoms in total. The van der Waals surface area contributed by atoms with E-state index in [0.29, 0.717) is 29.1 Å². The van der Waals surface area contributed by atoms with Gasteiger partial charge in [0.25, 0.3) is 0 Å². The van der Waals surface area contributed by atoms with E-state index in [4.69, 9.17) is 18.6 Å². The number of fused-ring (bicyclic) bond motifs is 1. The van der Waals surface area contributed by atoms with E-state index in [1.54, 1.807) is 6.07 Å². The Balaban J connectivity index is 2.33. The molecule has 0 fully saturated rings. The highest BCUT2D eigenvalue weighted by Crippen LogP contribution is 2.37. The van der Waals surface area contributed by atoms with Gasteiger partial charge < -0.3 is 18.6 Å². The number of para-hydroxylation sites is 1. The summed E-state index contributed by atoms with van der Waals surface area (Å²) >= 11 is 0. The average molecular weight is 415 g/mol. The van der Waals surface area contributed by atoms with Crippen LogP contribution in [0.1, 0.15) is 61.3 Å². The van der Waals surface area contributed by atoms with Crippen LogP contribution in [0.2, 0.25) is 0 Å². The number of benzene rings is 1. The second-order valence-electron chi connectivity index (χ2n) is 8.20. The van der Waals surface area contributed by atoms with Gasteiger partial charge in [0.1, 0.15) is 6.61 Å². The van der Waals surface area contributed by atoms with Crippen molar-refractivity contribution < 1.29 is 18.6 Å². The van der Waals surface area contributed by atoms with Crippen molar-refractivity contribution in [2.75, 3.05) is 6.61 Å². The van der Waals surface area contributed by atoms with Gasteiger partial charge in [0.05, 0.1) is 17.6 Å². The summed E-state index contributed by atoms with van der Waals surface area (Å²) < 4.78 is 23.2. The Morgan fingerprint density at radius 3 is 2.30 bits per heavy atom. The maximum absolute atomic E-state index is 12.6. The fourth-order valence-corrected chi connectivity index (χ4v) is 2.92. The van der Waals surface area contributed by atoms with Crippen LogP contribution in [0.25, 0.3) is 11.0 Å².